The van der Waals surface area contributed by atoms with Crippen LogP contribution in [0.25, 0.3) is 0 Å². The monoisotopic (exact) mass is 124 g/mol. The molecule has 0 aromatic heterocycles. The molecule has 0 fully saturated rings. The maximum atomic E-state index is 9.99. The summed E-state index contributed by atoms with van der Waals surface area (Å²) in [6.45, 7) is 3.80. The quantitative estimate of drug-likeness (QED) is 0.512. The minimum atomic E-state index is 0.352. The van der Waals surface area contributed by atoms with Gasteiger partial charge in [-0.3, -0.25) is 4.79 Å². The highest BCUT2D eigenvalue weighted by Crippen LogP contribution is 1.84. The molecule has 0 aliphatic rings. The van der Waals surface area contributed by atoms with E-state index in [4.69, 9.17) is 5.26 Å². The van der Waals surface area contributed by atoms with Gasteiger partial charge in [0.1, 0.15) is 0 Å². The first kappa shape index (κ1) is 7.70. The van der Waals surface area contributed by atoms with Crippen LogP contribution in [0.2, 0.25) is 0 Å². The topological polar surface area (TPSA) is 44.1 Å². The summed E-state index contributed by atoms with van der Waals surface area (Å²) < 4.78 is 0. The summed E-state index contributed by atoms with van der Waals surface area (Å²) >= 11 is 0. The number of hydrogen-bond acceptors (Lipinski definition) is 2. The number of carbonyl (C=O) groups excluding carboxylic acids is 1. The van der Waals surface area contributed by atoms with E-state index >= 15 is 0 Å². The smallest absolute Gasteiger partial charge is 0.213 e. The van der Waals surface area contributed by atoms with Crippen molar-refractivity contribution in [2.24, 2.45) is 0 Å². The second-order valence-corrected chi connectivity index (χ2v) is 1.43. The molecular formula is C6H8N2O. The predicted molar refractivity (Wildman–Crippen MR) is 33.2 cm³/mol. The Balaban J connectivity index is 3.45. The summed E-state index contributed by atoms with van der Waals surface area (Å²) in [6, 6.07) is 1.92. The minimum absolute atomic E-state index is 0.352. The molecule has 0 heterocycles. The van der Waals surface area contributed by atoms with Crippen molar-refractivity contribution >= 4 is 6.41 Å². The van der Waals surface area contributed by atoms with E-state index in [9.17, 15) is 4.79 Å². The van der Waals surface area contributed by atoms with Crippen LogP contribution in [0.4, 0.5) is 0 Å². The second-order valence-electron chi connectivity index (χ2n) is 1.43. The third kappa shape index (κ3) is 3.30. The van der Waals surface area contributed by atoms with E-state index in [0.29, 0.717) is 19.4 Å². The van der Waals surface area contributed by atoms with Crippen LogP contribution >= 0.6 is 0 Å². The molecule has 0 bridgehead atoms. The lowest BCUT2D eigenvalue weighted by molar-refractivity contribution is -0.115. The molecule has 0 aromatic rings. The lowest BCUT2D eigenvalue weighted by Gasteiger charge is -2.06. The molecule has 0 aliphatic carbocycles. The number of rotatable bonds is 4. The van der Waals surface area contributed by atoms with Gasteiger partial charge in [0, 0.05) is 6.54 Å². The van der Waals surface area contributed by atoms with Gasteiger partial charge < -0.3 is 4.90 Å². The Hall–Kier alpha value is -1.30. The lowest BCUT2D eigenvalue weighted by Crippen LogP contribution is -2.14. The number of nitrogens with zero attached hydrogens (tertiary/aromatic N) is 2. The van der Waals surface area contributed by atoms with E-state index in [-0.39, 0.29) is 0 Å². The van der Waals surface area contributed by atoms with Crippen LogP contribution in [-0.2, 0) is 4.79 Å². The molecule has 48 valence electrons. The van der Waals surface area contributed by atoms with Gasteiger partial charge in [0.2, 0.25) is 6.41 Å². The maximum absolute atomic E-state index is 9.99. The number of carbonyl (C=O) groups is 1. The molecule has 0 aliphatic heterocycles. The Morgan fingerprint density at radius 3 is 2.78 bits per heavy atom. The SMILES string of the molecule is C=CN(C=O)CCC#N. The molecule has 1 amide bonds. The largest absolute Gasteiger partial charge is 0.321 e. The van der Waals surface area contributed by atoms with Crippen molar-refractivity contribution in [2.45, 2.75) is 6.42 Å². The van der Waals surface area contributed by atoms with Crippen LogP contribution in [0.15, 0.2) is 12.8 Å². The molecule has 9 heavy (non-hydrogen) atoms. The van der Waals surface area contributed by atoms with E-state index in [1.807, 2.05) is 6.07 Å². The molecule has 0 radical (unpaired) electrons. The first-order valence-electron chi connectivity index (χ1n) is 2.55. The van der Waals surface area contributed by atoms with Gasteiger partial charge in [0.25, 0.3) is 0 Å². The Morgan fingerprint density at radius 1 is 1.78 bits per heavy atom. The number of nitriles is 1. The first-order chi connectivity index (χ1) is 4.35. The van der Waals surface area contributed by atoms with Crippen LogP contribution in [0.1, 0.15) is 6.42 Å². The Kier molecular flexibility index (Phi) is 4.15. The molecule has 0 atom stereocenters. The van der Waals surface area contributed by atoms with Gasteiger partial charge in [-0.05, 0) is 6.20 Å². The summed E-state index contributed by atoms with van der Waals surface area (Å²) in [4.78, 5) is 11.3. The second kappa shape index (κ2) is 4.85. The van der Waals surface area contributed by atoms with Crippen molar-refractivity contribution in [3.8, 4) is 6.07 Å². The summed E-state index contributed by atoms with van der Waals surface area (Å²) in [7, 11) is 0. The Morgan fingerprint density at radius 2 is 2.44 bits per heavy atom. The van der Waals surface area contributed by atoms with Crippen LogP contribution in [-0.4, -0.2) is 17.9 Å². The van der Waals surface area contributed by atoms with Crippen molar-refractivity contribution in [1.82, 2.24) is 4.90 Å². The van der Waals surface area contributed by atoms with Crippen molar-refractivity contribution in [3.05, 3.63) is 12.8 Å². The number of amides is 1. The average molecular weight is 124 g/mol. The first-order valence-corrected chi connectivity index (χ1v) is 2.55. The van der Waals surface area contributed by atoms with Gasteiger partial charge in [-0.1, -0.05) is 6.58 Å². The summed E-state index contributed by atoms with van der Waals surface area (Å²) in [5.74, 6) is 0. The summed E-state index contributed by atoms with van der Waals surface area (Å²) in [6.07, 6.45) is 2.39. The molecule has 0 aromatic carbocycles. The van der Waals surface area contributed by atoms with Crippen LogP contribution in [0, 0.1) is 11.3 Å². The zero-order chi connectivity index (χ0) is 7.11. The van der Waals surface area contributed by atoms with E-state index in [2.05, 4.69) is 6.58 Å². The highest BCUT2D eigenvalue weighted by molar-refractivity contribution is 5.48. The average Bonchev–Trinajstić information content (AvgIpc) is 1.91. The third-order valence-corrected chi connectivity index (χ3v) is 0.852. The normalized spacial score (nSPS) is 7.44. The zero-order valence-electron chi connectivity index (χ0n) is 5.08. The molecule has 0 unspecified atom stereocenters. The maximum Gasteiger partial charge on any atom is 0.213 e. The van der Waals surface area contributed by atoms with Gasteiger partial charge in [0.05, 0.1) is 12.5 Å². The molecular weight excluding hydrogens is 116 g/mol. The molecule has 0 saturated heterocycles. The fourth-order valence-electron chi connectivity index (χ4n) is 0.366. The Bertz CT molecular complexity index is 128. The fourth-order valence-corrected chi connectivity index (χ4v) is 0.366. The van der Waals surface area contributed by atoms with Gasteiger partial charge in [-0.25, -0.2) is 0 Å². The molecule has 0 spiro atoms. The van der Waals surface area contributed by atoms with Crippen LogP contribution in [0.3, 0.4) is 0 Å². The van der Waals surface area contributed by atoms with Crippen LogP contribution in [0.5, 0.6) is 0 Å². The van der Waals surface area contributed by atoms with Crippen molar-refractivity contribution in [3.63, 3.8) is 0 Å². The summed E-state index contributed by atoms with van der Waals surface area (Å²) in [5.41, 5.74) is 0. The molecule has 3 heteroatoms. The van der Waals surface area contributed by atoms with Crippen molar-refractivity contribution in [2.75, 3.05) is 6.54 Å². The number of hydrogen-bond donors (Lipinski definition) is 0. The van der Waals surface area contributed by atoms with E-state index in [1.165, 1.54) is 11.1 Å². The predicted octanol–water partition coefficient (Wildman–Crippen LogP) is 0.502. The standard InChI is InChI=1S/C6H8N2O/c1-2-8(6-9)5-3-4-7/h2,6H,1,3,5H2. The molecule has 0 rings (SSSR count). The van der Waals surface area contributed by atoms with Crippen LogP contribution < -0.4 is 0 Å². The van der Waals surface area contributed by atoms with Gasteiger partial charge in [-0.15, -0.1) is 0 Å². The van der Waals surface area contributed by atoms with Gasteiger partial charge in [0.15, 0.2) is 0 Å². The third-order valence-electron chi connectivity index (χ3n) is 0.852. The zero-order valence-corrected chi connectivity index (χ0v) is 5.08. The molecule has 0 N–H and O–H groups in total. The van der Waals surface area contributed by atoms with Crippen molar-refractivity contribution in [1.29, 1.82) is 5.26 Å². The molecule has 0 saturated carbocycles. The fraction of sp³-hybridized carbons (Fsp3) is 0.333. The molecule has 3 nitrogen and oxygen atoms in total. The lowest BCUT2D eigenvalue weighted by atomic mass is 10.4. The van der Waals surface area contributed by atoms with Gasteiger partial charge >= 0.3 is 0 Å². The van der Waals surface area contributed by atoms with E-state index < -0.39 is 0 Å². The minimum Gasteiger partial charge on any atom is -0.321 e. The van der Waals surface area contributed by atoms with Crippen molar-refractivity contribution < 1.29 is 4.79 Å². The summed E-state index contributed by atoms with van der Waals surface area (Å²) in [5, 5.41) is 8.08. The Labute approximate surface area is 54.2 Å². The van der Waals surface area contributed by atoms with Gasteiger partial charge in [-0.2, -0.15) is 5.26 Å². The highest BCUT2D eigenvalue weighted by Gasteiger charge is 1.91. The highest BCUT2D eigenvalue weighted by atomic mass is 16.1. The van der Waals surface area contributed by atoms with E-state index in [0.717, 1.165) is 0 Å². The van der Waals surface area contributed by atoms with E-state index in [1.54, 1.807) is 0 Å².